The van der Waals surface area contributed by atoms with Gasteiger partial charge in [0.25, 0.3) is 5.91 Å². The van der Waals surface area contributed by atoms with Crippen molar-refractivity contribution >= 4 is 39.4 Å². The molecule has 14 heteroatoms. The molecular formula is C39H66FN5O7S. The zero-order chi connectivity index (χ0) is 39.2. The van der Waals surface area contributed by atoms with E-state index in [-0.39, 0.29) is 30.3 Å². The zero-order valence-corrected chi connectivity index (χ0v) is 33.8. The average Bonchev–Trinajstić information content (AvgIpc) is 3.80. The SMILES string of the molecule is CCCC[C@H](NC(=O)[C@@H]1[C@@H](C(C)C)CCN1C(=O)[C@@H](NC(=O)NC1(CS(=O)(=O)C(C)(C)CF)CCCCC1)C1(C)CCCCC1)C(=O)C(=O)NC1CC1. The largest absolute Gasteiger partial charge is 0.347 e. The lowest BCUT2D eigenvalue weighted by molar-refractivity contribution is -0.145. The summed E-state index contributed by atoms with van der Waals surface area (Å²) in [6, 6.07) is -3.61. The number of Topliss-reactive ketones (excluding diaryl/α,β-unsaturated/α-hetero) is 1. The second-order valence-corrected chi connectivity index (χ2v) is 20.4. The molecule has 3 aliphatic carbocycles. The highest BCUT2D eigenvalue weighted by atomic mass is 32.2. The summed E-state index contributed by atoms with van der Waals surface area (Å²) in [5.41, 5.74) is -1.74. The summed E-state index contributed by atoms with van der Waals surface area (Å²) in [5, 5.41) is 11.6. The van der Waals surface area contributed by atoms with Crippen LogP contribution in [0.15, 0.2) is 0 Å². The third-order valence-electron chi connectivity index (χ3n) is 12.5. The second-order valence-electron chi connectivity index (χ2n) is 17.7. The van der Waals surface area contributed by atoms with E-state index in [1.54, 1.807) is 4.90 Å². The van der Waals surface area contributed by atoms with E-state index < -0.39 is 79.7 Å². The summed E-state index contributed by atoms with van der Waals surface area (Å²) >= 11 is 0. The molecule has 4 fully saturated rings. The number of unbranched alkanes of at least 4 members (excludes halogenated alkanes) is 1. The monoisotopic (exact) mass is 767 g/mol. The molecule has 3 saturated carbocycles. The predicted octanol–water partition coefficient (Wildman–Crippen LogP) is 4.89. The van der Waals surface area contributed by atoms with Crippen molar-refractivity contribution in [2.24, 2.45) is 17.3 Å². The van der Waals surface area contributed by atoms with Crippen LogP contribution in [0.25, 0.3) is 0 Å². The lowest BCUT2D eigenvalue weighted by atomic mass is 9.70. The van der Waals surface area contributed by atoms with Gasteiger partial charge in [0.05, 0.1) is 22.1 Å². The molecule has 0 aromatic carbocycles. The molecule has 1 saturated heterocycles. The molecule has 12 nitrogen and oxygen atoms in total. The summed E-state index contributed by atoms with van der Waals surface area (Å²) in [4.78, 5) is 70.9. The zero-order valence-electron chi connectivity index (χ0n) is 33.0. The third kappa shape index (κ3) is 10.5. The summed E-state index contributed by atoms with van der Waals surface area (Å²) in [5.74, 6) is -2.86. The van der Waals surface area contributed by atoms with Crippen LogP contribution in [-0.4, -0.2) is 96.3 Å². The van der Waals surface area contributed by atoms with Crippen molar-refractivity contribution in [3.63, 3.8) is 0 Å². The normalized spacial score (nSPS) is 24.2. The molecular weight excluding hydrogens is 702 g/mol. The number of nitrogens with zero attached hydrogens (tertiary/aromatic N) is 1. The van der Waals surface area contributed by atoms with E-state index in [2.05, 4.69) is 21.3 Å². The van der Waals surface area contributed by atoms with Gasteiger partial charge in [-0.15, -0.1) is 0 Å². The van der Waals surface area contributed by atoms with Crippen LogP contribution in [0.1, 0.15) is 144 Å². The Kier molecular flexibility index (Phi) is 14.4. The van der Waals surface area contributed by atoms with Gasteiger partial charge in [-0.3, -0.25) is 19.2 Å². The fourth-order valence-electron chi connectivity index (χ4n) is 8.61. The molecule has 4 rings (SSSR count). The van der Waals surface area contributed by atoms with Crippen molar-refractivity contribution in [2.75, 3.05) is 19.0 Å². The minimum Gasteiger partial charge on any atom is -0.347 e. The molecule has 4 atom stereocenters. The molecule has 0 aromatic heterocycles. The van der Waals surface area contributed by atoms with Crippen LogP contribution in [0.3, 0.4) is 0 Å². The molecule has 4 N–H and O–H groups in total. The smallest absolute Gasteiger partial charge is 0.315 e. The number of amides is 5. The first-order chi connectivity index (χ1) is 24.9. The second kappa shape index (κ2) is 17.8. The van der Waals surface area contributed by atoms with E-state index in [4.69, 9.17) is 0 Å². The third-order valence-corrected chi connectivity index (χ3v) is 15.2. The van der Waals surface area contributed by atoms with Gasteiger partial charge in [-0.1, -0.05) is 79.1 Å². The molecule has 4 aliphatic rings. The van der Waals surface area contributed by atoms with Crippen LogP contribution in [0.5, 0.6) is 0 Å². The highest BCUT2D eigenvalue weighted by Gasteiger charge is 2.51. The van der Waals surface area contributed by atoms with Gasteiger partial charge in [0, 0.05) is 12.6 Å². The predicted molar refractivity (Wildman–Crippen MR) is 202 cm³/mol. The van der Waals surface area contributed by atoms with Crippen molar-refractivity contribution in [1.29, 1.82) is 0 Å². The molecule has 1 heterocycles. The van der Waals surface area contributed by atoms with Crippen LogP contribution >= 0.6 is 0 Å². The Morgan fingerprint density at radius 3 is 2.06 bits per heavy atom. The van der Waals surface area contributed by atoms with E-state index in [0.29, 0.717) is 57.8 Å². The van der Waals surface area contributed by atoms with E-state index >= 15 is 0 Å². The summed E-state index contributed by atoms with van der Waals surface area (Å²) in [6.45, 7) is 9.90. The summed E-state index contributed by atoms with van der Waals surface area (Å²) in [7, 11) is -3.95. The molecule has 0 aromatic rings. The Balaban J connectivity index is 1.61. The molecule has 1 aliphatic heterocycles. The van der Waals surface area contributed by atoms with Crippen LogP contribution in [0.2, 0.25) is 0 Å². The minimum absolute atomic E-state index is 0.00981. The van der Waals surface area contributed by atoms with Crippen LogP contribution in [0.4, 0.5) is 9.18 Å². The average molecular weight is 768 g/mol. The van der Waals surface area contributed by atoms with Crippen molar-refractivity contribution < 1.29 is 36.8 Å². The first-order valence-electron chi connectivity index (χ1n) is 20.2. The molecule has 5 amide bonds. The Hall–Kier alpha value is -2.77. The van der Waals surface area contributed by atoms with E-state index in [1.807, 2.05) is 27.7 Å². The van der Waals surface area contributed by atoms with Gasteiger partial charge in [0.15, 0.2) is 9.84 Å². The number of rotatable bonds is 17. The molecule has 53 heavy (non-hydrogen) atoms. The number of carbonyl (C=O) groups is 5. The van der Waals surface area contributed by atoms with Gasteiger partial charge in [-0.05, 0) is 82.5 Å². The van der Waals surface area contributed by atoms with Crippen molar-refractivity contribution in [1.82, 2.24) is 26.2 Å². The summed E-state index contributed by atoms with van der Waals surface area (Å²) < 4.78 is 39.2. The van der Waals surface area contributed by atoms with E-state index in [9.17, 15) is 36.8 Å². The number of halogens is 1. The Labute approximate surface area is 316 Å². The molecule has 0 spiro atoms. The van der Waals surface area contributed by atoms with E-state index in [0.717, 1.165) is 44.9 Å². The standard InChI is InChI=1S/C39H66FN5O7S/c1-7-8-15-29(31(46)34(48)41-27-16-17-27)42-33(47)30-28(26(2)3)18-23-45(30)35(49)32(38(6)19-11-9-12-20-38)43-36(50)44-39(21-13-10-14-22-39)25-53(51,52)37(4,5)24-40/h26-30,32H,7-25H2,1-6H3,(H,41,48)(H,42,47)(H2,43,44,50)/t28-,29+,30+,32-/m1/s1. The molecule has 0 bridgehead atoms. The first-order valence-corrected chi connectivity index (χ1v) is 21.9. The van der Waals surface area contributed by atoms with Gasteiger partial charge >= 0.3 is 6.03 Å². The first kappa shape index (κ1) is 43.0. The van der Waals surface area contributed by atoms with Crippen LogP contribution < -0.4 is 21.3 Å². The highest BCUT2D eigenvalue weighted by molar-refractivity contribution is 7.92. The van der Waals surface area contributed by atoms with Gasteiger partial charge in [0.1, 0.15) is 18.8 Å². The number of alkyl halides is 1. The lowest BCUT2D eigenvalue weighted by Crippen LogP contribution is -2.65. The van der Waals surface area contributed by atoms with E-state index in [1.165, 1.54) is 13.8 Å². The Morgan fingerprint density at radius 1 is 0.906 bits per heavy atom. The molecule has 0 radical (unpaired) electrons. The molecule has 302 valence electrons. The number of likely N-dealkylation sites (tertiary alicyclic amines) is 1. The van der Waals surface area contributed by atoms with Crippen molar-refractivity contribution in [3.8, 4) is 0 Å². The van der Waals surface area contributed by atoms with Crippen molar-refractivity contribution in [2.45, 2.75) is 179 Å². The maximum Gasteiger partial charge on any atom is 0.315 e. The number of nitrogens with one attached hydrogen (secondary N) is 4. The van der Waals surface area contributed by atoms with Crippen LogP contribution in [0, 0.1) is 17.3 Å². The number of ketones is 1. The van der Waals surface area contributed by atoms with Crippen molar-refractivity contribution in [3.05, 3.63) is 0 Å². The van der Waals surface area contributed by atoms with Gasteiger partial charge in [-0.25, -0.2) is 17.6 Å². The fraction of sp³-hybridized carbons (Fsp3) is 0.872. The number of urea groups is 1. The minimum atomic E-state index is -3.95. The maximum absolute atomic E-state index is 14.9. The van der Waals surface area contributed by atoms with Crippen LogP contribution in [-0.2, 0) is 29.0 Å². The Bertz CT molecular complexity index is 1440. The number of carbonyl (C=O) groups excluding carboxylic acids is 5. The number of hydrogen-bond donors (Lipinski definition) is 4. The van der Waals surface area contributed by atoms with Gasteiger partial charge in [-0.2, -0.15) is 0 Å². The van der Waals surface area contributed by atoms with Gasteiger partial charge in [0.2, 0.25) is 17.6 Å². The lowest BCUT2D eigenvalue weighted by Gasteiger charge is -2.44. The highest BCUT2D eigenvalue weighted by Crippen LogP contribution is 2.41. The number of hydrogen-bond acceptors (Lipinski definition) is 7. The molecule has 0 unspecified atom stereocenters. The Morgan fingerprint density at radius 2 is 1.51 bits per heavy atom. The quantitative estimate of drug-likeness (QED) is 0.153. The maximum atomic E-state index is 14.9. The van der Waals surface area contributed by atoms with Gasteiger partial charge < -0.3 is 26.2 Å². The fourth-order valence-corrected chi connectivity index (χ4v) is 10.3. The topological polar surface area (TPSA) is 171 Å². The summed E-state index contributed by atoms with van der Waals surface area (Å²) in [6.07, 6.45) is 11.1. The number of sulfone groups is 1.